The zero-order valence-corrected chi connectivity index (χ0v) is 11.1. The fourth-order valence-corrected chi connectivity index (χ4v) is 3.66. The van der Waals surface area contributed by atoms with Gasteiger partial charge in [0.15, 0.2) is 0 Å². The van der Waals surface area contributed by atoms with E-state index in [-0.39, 0.29) is 10.7 Å². The summed E-state index contributed by atoms with van der Waals surface area (Å²) in [6.45, 7) is 1.68. The number of hydrogen-bond acceptors (Lipinski definition) is 5. The number of rotatable bonds is 4. The molecule has 2 rings (SSSR count). The molecule has 1 saturated heterocycles. The summed E-state index contributed by atoms with van der Waals surface area (Å²) >= 11 is 0. The van der Waals surface area contributed by atoms with Crippen LogP contribution in [-0.2, 0) is 14.8 Å². The maximum Gasteiger partial charge on any atom is 0.248 e. The second-order valence-electron chi connectivity index (χ2n) is 4.45. The van der Waals surface area contributed by atoms with E-state index in [0.717, 1.165) is 12.8 Å². The van der Waals surface area contributed by atoms with E-state index in [1.54, 1.807) is 7.11 Å². The van der Waals surface area contributed by atoms with Gasteiger partial charge < -0.3 is 10.5 Å². The number of hydrogen-bond donors (Lipinski definition) is 2. The van der Waals surface area contributed by atoms with Gasteiger partial charge >= 0.3 is 0 Å². The molecule has 7 nitrogen and oxygen atoms in total. The van der Waals surface area contributed by atoms with Crippen molar-refractivity contribution in [1.82, 2.24) is 14.5 Å². The normalized spacial score (nSPS) is 19.2. The predicted molar refractivity (Wildman–Crippen MR) is 66.4 cm³/mol. The highest BCUT2D eigenvalue weighted by atomic mass is 32.2. The Morgan fingerprint density at radius 2 is 2.22 bits per heavy atom. The fraction of sp³-hybridized carbons (Fsp3) is 0.700. The number of anilines is 1. The molecule has 1 fully saturated rings. The van der Waals surface area contributed by atoms with Crippen molar-refractivity contribution < 1.29 is 13.2 Å². The third-order valence-electron chi connectivity index (χ3n) is 3.23. The Kier molecular flexibility index (Phi) is 3.88. The average molecular weight is 274 g/mol. The first-order valence-electron chi connectivity index (χ1n) is 5.83. The Labute approximate surface area is 106 Å². The summed E-state index contributed by atoms with van der Waals surface area (Å²) in [5, 5.41) is 6.10. The second kappa shape index (κ2) is 5.25. The molecule has 1 aromatic heterocycles. The minimum absolute atomic E-state index is 0.0627. The van der Waals surface area contributed by atoms with Crippen molar-refractivity contribution in [2.45, 2.75) is 17.7 Å². The van der Waals surface area contributed by atoms with Gasteiger partial charge in [-0.05, 0) is 18.8 Å². The van der Waals surface area contributed by atoms with Crippen molar-refractivity contribution in [3.8, 4) is 0 Å². The lowest BCUT2D eigenvalue weighted by Crippen LogP contribution is -2.39. The van der Waals surface area contributed by atoms with Gasteiger partial charge in [-0.3, -0.25) is 5.10 Å². The summed E-state index contributed by atoms with van der Waals surface area (Å²) in [7, 11) is -1.85. The molecule has 0 bridgehead atoms. The number of H-pyrrole nitrogens is 1. The summed E-state index contributed by atoms with van der Waals surface area (Å²) in [5.74, 6) is 0.525. The molecule has 18 heavy (non-hydrogen) atoms. The van der Waals surface area contributed by atoms with E-state index < -0.39 is 10.0 Å². The van der Waals surface area contributed by atoms with Crippen LogP contribution in [0.2, 0.25) is 0 Å². The van der Waals surface area contributed by atoms with Crippen LogP contribution < -0.4 is 5.73 Å². The van der Waals surface area contributed by atoms with Crippen molar-refractivity contribution in [3.05, 3.63) is 6.20 Å². The number of nitrogens with one attached hydrogen (secondary N) is 1. The van der Waals surface area contributed by atoms with Crippen LogP contribution in [0.1, 0.15) is 12.8 Å². The van der Waals surface area contributed by atoms with Crippen molar-refractivity contribution in [1.29, 1.82) is 0 Å². The molecule has 0 aromatic carbocycles. The van der Waals surface area contributed by atoms with Crippen molar-refractivity contribution in [2.24, 2.45) is 5.92 Å². The fourth-order valence-electron chi connectivity index (χ4n) is 2.18. The highest BCUT2D eigenvalue weighted by Crippen LogP contribution is 2.25. The molecule has 1 aromatic rings. The highest BCUT2D eigenvalue weighted by molar-refractivity contribution is 7.89. The van der Waals surface area contributed by atoms with Gasteiger partial charge in [0.1, 0.15) is 10.7 Å². The Morgan fingerprint density at radius 1 is 1.56 bits per heavy atom. The molecule has 0 radical (unpaired) electrons. The Morgan fingerprint density at radius 3 is 2.72 bits per heavy atom. The number of ether oxygens (including phenoxy) is 1. The molecule has 3 N–H and O–H groups in total. The topological polar surface area (TPSA) is 101 Å². The summed E-state index contributed by atoms with van der Waals surface area (Å²) < 4.78 is 31.1. The minimum atomic E-state index is -3.51. The maximum atomic E-state index is 12.3. The number of aromatic nitrogens is 2. The molecule has 0 aliphatic carbocycles. The molecule has 0 unspecified atom stereocenters. The summed E-state index contributed by atoms with van der Waals surface area (Å²) in [5.41, 5.74) is 5.56. The molecule has 2 heterocycles. The van der Waals surface area contributed by atoms with Gasteiger partial charge in [0.25, 0.3) is 0 Å². The van der Waals surface area contributed by atoms with Gasteiger partial charge in [-0.25, -0.2) is 8.42 Å². The zero-order chi connectivity index (χ0) is 13.2. The quantitative estimate of drug-likeness (QED) is 0.807. The molecule has 0 saturated carbocycles. The first kappa shape index (κ1) is 13.3. The third kappa shape index (κ3) is 2.50. The molecule has 0 spiro atoms. The van der Waals surface area contributed by atoms with Crippen LogP contribution in [0, 0.1) is 5.92 Å². The summed E-state index contributed by atoms with van der Waals surface area (Å²) in [4.78, 5) is 0.0627. The molecule has 1 aliphatic heterocycles. The summed E-state index contributed by atoms with van der Waals surface area (Å²) in [6.07, 6.45) is 2.88. The number of aromatic amines is 1. The number of piperidine rings is 1. The van der Waals surface area contributed by atoms with Crippen molar-refractivity contribution in [3.63, 3.8) is 0 Å². The number of methoxy groups -OCH3 is 1. The van der Waals surface area contributed by atoms with Crippen LogP contribution >= 0.6 is 0 Å². The minimum Gasteiger partial charge on any atom is -0.384 e. The van der Waals surface area contributed by atoms with Crippen LogP contribution in [-0.4, -0.2) is 49.7 Å². The first-order valence-corrected chi connectivity index (χ1v) is 7.27. The third-order valence-corrected chi connectivity index (χ3v) is 5.15. The number of nitrogen functional groups attached to an aromatic ring is 1. The van der Waals surface area contributed by atoms with E-state index in [0.29, 0.717) is 25.6 Å². The largest absolute Gasteiger partial charge is 0.384 e. The van der Waals surface area contributed by atoms with Gasteiger partial charge in [-0.15, -0.1) is 0 Å². The molecule has 1 aliphatic rings. The summed E-state index contributed by atoms with van der Waals surface area (Å²) in [6, 6.07) is 0. The predicted octanol–water partition coefficient (Wildman–Crippen LogP) is 0.0390. The van der Waals surface area contributed by atoms with Crippen LogP contribution in [0.25, 0.3) is 0 Å². The van der Waals surface area contributed by atoms with Gasteiger partial charge in [0.05, 0.1) is 6.20 Å². The van der Waals surface area contributed by atoms with E-state index in [1.165, 1.54) is 10.5 Å². The monoisotopic (exact) mass is 274 g/mol. The van der Waals surface area contributed by atoms with E-state index in [4.69, 9.17) is 10.5 Å². The SMILES string of the molecule is COCC1CCN(S(=O)(=O)c2cn[nH]c2N)CC1. The molecule has 102 valence electrons. The Balaban J connectivity index is 2.08. The second-order valence-corrected chi connectivity index (χ2v) is 6.36. The lowest BCUT2D eigenvalue weighted by Gasteiger charge is -2.30. The van der Waals surface area contributed by atoms with Crippen LogP contribution in [0.3, 0.4) is 0 Å². The van der Waals surface area contributed by atoms with E-state index in [9.17, 15) is 8.42 Å². The van der Waals surface area contributed by atoms with Crippen molar-refractivity contribution in [2.75, 3.05) is 32.5 Å². The Hall–Kier alpha value is -1.12. The highest BCUT2D eigenvalue weighted by Gasteiger charge is 2.31. The van der Waals surface area contributed by atoms with Gasteiger partial charge in [0.2, 0.25) is 10.0 Å². The first-order chi connectivity index (χ1) is 8.55. The molecule has 8 heteroatoms. The number of nitrogens with zero attached hydrogens (tertiary/aromatic N) is 2. The van der Waals surface area contributed by atoms with Gasteiger partial charge in [-0.1, -0.05) is 0 Å². The van der Waals surface area contributed by atoms with Gasteiger partial charge in [-0.2, -0.15) is 9.40 Å². The molecule has 0 atom stereocenters. The van der Waals surface area contributed by atoms with Crippen molar-refractivity contribution >= 4 is 15.8 Å². The molecular weight excluding hydrogens is 256 g/mol. The van der Waals surface area contributed by atoms with Crippen LogP contribution in [0.15, 0.2) is 11.1 Å². The number of nitrogens with two attached hydrogens (primary N) is 1. The lowest BCUT2D eigenvalue weighted by molar-refractivity contribution is 0.121. The number of sulfonamides is 1. The molecular formula is C10H18N4O3S. The average Bonchev–Trinajstić information content (AvgIpc) is 2.77. The lowest BCUT2D eigenvalue weighted by atomic mass is 9.99. The standard InChI is InChI=1S/C10H18N4O3S/c1-17-7-8-2-4-14(5-3-8)18(15,16)9-6-12-13-10(9)11/h6,8H,2-5,7H2,1H3,(H3,11,12,13). The van der Waals surface area contributed by atoms with E-state index in [2.05, 4.69) is 10.2 Å². The molecule has 0 amide bonds. The zero-order valence-electron chi connectivity index (χ0n) is 10.3. The Bertz CT molecular complexity index is 491. The van der Waals surface area contributed by atoms with E-state index >= 15 is 0 Å². The smallest absolute Gasteiger partial charge is 0.248 e. The van der Waals surface area contributed by atoms with E-state index in [1.807, 2.05) is 0 Å². The van der Waals surface area contributed by atoms with Gasteiger partial charge in [0, 0.05) is 26.8 Å². The van der Waals surface area contributed by atoms with Crippen LogP contribution in [0.4, 0.5) is 5.82 Å². The maximum absolute atomic E-state index is 12.3. The van der Waals surface area contributed by atoms with Crippen LogP contribution in [0.5, 0.6) is 0 Å².